The summed E-state index contributed by atoms with van der Waals surface area (Å²) in [5.74, 6) is 1.67. The van der Waals surface area contributed by atoms with E-state index in [2.05, 4.69) is 252 Å². The molecule has 0 saturated carbocycles. The van der Waals surface area contributed by atoms with Crippen molar-refractivity contribution < 1.29 is 4.74 Å². The van der Waals surface area contributed by atoms with Gasteiger partial charge in [0.05, 0.1) is 17.1 Å². The molecule has 3 heteroatoms. The third-order valence-corrected chi connectivity index (χ3v) is 12.4. The summed E-state index contributed by atoms with van der Waals surface area (Å²) in [6.45, 7) is 0. The van der Waals surface area contributed by atoms with Crippen LogP contribution in [0.3, 0.4) is 0 Å². The van der Waals surface area contributed by atoms with Crippen LogP contribution >= 0.6 is 0 Å². The molecule has 0 N–H and O–H groups in total. The van der Waals surface area contributed by atoms with Crippen molar-refractivity contribution in [2.75, 3.05) is 9.80 Å². The third-order valence-electron chi connectivity index (χ3n) is 12.4. The van der Waals surface area contributed by atoms with Crippen molar-refractivity contribution in [3.63, 3.8) is 0 Å². The molecular formula is C60H40N2O. The number of hydrogen-bond donors (Lipinski definition) is 0. The maximum absolute atomic E-state index is 7.00. The van der Waals surface area contributed by atoms with Crippen molar-refractivity contribution in [1.29, 1.82) is 0 Å². The van der Waals surface area contributed by atoms with E-state index in [0.29, 0.717) is 0 Å². The highest BCUT2D eigenvalue weighted by Crippen LogP contribution is 2.55. The Morgan fingerprint density at radius 2 is 0.810 bits per heavy atom. The molecule has 296 valence electrons. The lowest BCUT2D eigenvalue weighted by atomic mass is 9.91. The second-order valence-electron chi connectivity index (χ2n) is 16.1. The summed E-state index contributed by atoms with van der Waals surface area (Å²) in [5.41, 5.74) is 13.4. The van der Waals surface area contributed by atoms with Gasteiger partial charge in [-0.15, -0.1) is 0 Å². The van der Waals surface area contributed by atoms with Gasteiger partial charge in [-0.25, -0.2) is 0 Å². The van der Waals surface area contributed by atoms with Crippen LogP contribution in [0.2, 0.25) is 0 Å². The quantitative estimate of drug-likeness (QED) is 0.152. The maximum atomic E-state index is 7.00. The van der Waals surface area contributed by atoms with E-state index in [1.165, 1.54) is 43.8 Å². The fourth-order valence-electron chi connectivity index (χ4n) is 9.45. The summed E-state index contributed by atoms with van der Waals surface area (Å²) in [7, 11) is 0. The van der Waals surface area contributed by atoms with Gasteiger partial charge in [0.2, 0.25) is 0 Å². The van der Waals surface area contributed by atoms with Gasteiger partial charge in [0.1, 0.15) is 11.5 Å². The van der Waals surface area contributed by atoms with Crippen molar-refractivity contribution in [2.45, 2.75) is 0 Å². The lowest BCUT2D eigenvalue weighted by Crippen LogP contribution is -2.14. The summed E-state index contributed by atoms with van der Waals surface area (Å²) in [6, 6.07) is 87.1. The Morgan fingerprint density at radius 1 is 0.286 bits per heavy atom. The minimum Gasteiger partial charge on any atom is -0.456 e. The van der Waals surface area contributed by atoms with Crippen LogP contribution in [0.4, 0.5) is 34.1 Å². The number of ether oxygens (including phenoxy) is 1. The van der Waals surface area contributed by atoms with E-state index in [0.717, 1.165) is 67.5 Å². The van der Waals surface area contributed by atoms with Crippen molar-refractivity contribution in [3.8, 4) is 44.9 Å². The molecule has 11 aromatic rings. The van der Waals surface area contributed by atoms with Gasteiger partial charge in [-0.1, -0.05) is 176 Å². The Balaban J connectivity index is 1.06. The number of anilines is 6. The molecule has 0 amide bonds. The van der Waals surface area contributed by atoms with Gasteiger partial charge in [0.15, 0.2) is 0 Å². The minimum atomic E-state index is 0.828. The molecule has 1 heterocycles. The molecule has 0 unspecified atom stereocenters. The maximum Gasteiger partial charge on any atom is 0.137 e. The third kappa shape index (κ3) is 6.38. The van der Waals surface area contributed by atoms with Gasteiger partial charge in [-0.3, -0.25) is 0 Å². The molecule has 1 aliphatic heterocycles. The van der Waals surface area contributed by atoms with E-state index in [-0.39, 0.29) is 0 Å². The molecule has 1 aliphatic rings. The predicted octanol–water partition coefficient (Wildman–Crippen LogP) is 17.2. The van der Waals surface area contributed by atoms with Crippen LogP contribution in [0.1, 0.15) is 0 Å². The van der Waals surface area contributed by atoms with Crippen LogP contribution in [0.15, 0.2) is 243 Å². The molecule has 0 atom stereocenters. The number of rotatable bonds is 8. The molecule has 63 heavy (non-hydrogen) atoms. The van der Waals surface area contributed by atoms with E-state index >= 15 is 0 Å². The monoisotopic (exact) mass is 804 g/mol. The Bertz CT molecular complexity index is 3470. The Labute approximate surface area is 367 Å². The molecule has 11 aromatic carbocycles. The van der Waals surface area contributed by atoms with Crippen molar-refractivity contribution >= 4 is 66.4 Å². The Morgan fingerprint density at radius 3 is 1.54 bits per heavy atom. The van der Waals surface area contributed by atoms with Gasteiger partial charge in [-0.05, 0) is 111 Å². The van der Waals surface area contributed by atoms with E-state index in [9.17, 15) is 0 Å². The lowest BCUT2D eigenvalue weighted by Gasteiger charge is -2.33. The summed E-state index contributed by atoms with van der Waals surface area (Å²) >= 11 is 0. The molecular weight excluding hydrogens is 765 g/mol. The van der Waals surface area contributed by atoms with Crippen LogP contribution in [0, 0.1) is 0 Å². The second-order valence-corrected chi connectivity index (χ2v) is 16.1. The van der Waals surface area contributed by atoms with Gasteiger partial charge >= 0.3 is 0 Å². The predicted molar refractivity (Wildman–Crippen MR) is 265 cm³/mol. The summed E-state index contributed by atoms with van der Waals surface area (Å²) in [4.78, 5) is 4.80. The normalized spacial score (nSPS) is 11.6. The molecule has 0 saturated heterocycles. The number of fused-ring (bicyclic) bond motifs is 4. The second kappa shape index (κ2) is 15.3. The van der Waals surface area contributed by atoms with Crippen LogP contribution in [0.5, 0.6) is 11.5 Å². The largest absolute Gasteiger partial charge is 0.456 e. The van der Waals surface area contributed by atoms with E-state index in [4.69, 9.17) is 4.74 Å². The molecule has 0 spiro atoms. The van der Waals surface area contributed by atoms with Gasteiger partial charge in [0, 0.05) is 38.8 Å². The summed E-state index contributed by atoms with van der Waals surface area (Å²) in [6.07, 6.45) is 0. The minimum absolute atomic E-state index is 0.828. The highest BCUT2D eigenvalue weighted by molar-refractivity contribution is 6.14. The number of nitrogens with zero attached hydrogens (tertiary/aromatic N) is 2. The van der Waals surface area contributed by atoms with Crippen molar-refractivity contribution in [1.82, 2.24) is 0 Å². The fraction of sp³-hybridized carbons (Fsp3) is 0. The van der Waals surface area contributed by atoms with Crippen molar-refractivity contribution in [2.24, 2.45) is 0 Å². The number of hydrogen-bond acceptors (Lipinski definition) is 3. The highest BCUT2D eigenvalue weighted by Gasteiger charge is 2.29. The lowest BCUT2D eigenvalue weighted by molar-refractivity contribution is 0.487. The van der Waals surface area contributed by atoms with Crippen LogP contribution < -0.4 is 14.5 Å². The zero-order valence-electron chi connectivity index (χ0n) is 34.4. The first-order valence-corrected chi connectivity index (χ1v) is 21.5. The van der Waals surface area contributed by atoms with E-state index in [1.54, 1.807) is 0 Å². The molecule has 0 radical (unpaired) electrons. The smallest absolute Gasteiger partial charge is 0.137 e. The highest BCUT2D eigenvalue weighted by atomic mass is 16.5. The molecule has 12 rings (SSSR count). The average molecular weight is 805 g/mol. The summed E-state index contributed by atoms with van der Waals surface area (Å²) in [5, 5.41) is 6.95. The van der Waals surface area contributed by atoms with E-state index < -0.39 is 0 Å². The Kier molecular flexibility index (Phi) is 8.83. The van der Waals surface area contributed by atoms with E-state index in [1.807, 2.05) is 0 Å². The van der Waals surface area contributed by atoms with Gasteiger partial charge in [0.25, 0.3) is 0 Å². The SMILES string of the molecule is c1ccc(-c2ccc(N(c3cccc4c3-c3cccc5c(N(c6ccc(-c7ccccc7)cc6)c6ccc7ccccc7c6)ccc(c35)O4)c3cccc4ccccc34)cc2)cc1. The molecule has 3 nitrogen and oxygen atoms in total. The molecule has 0 aliphatic carbocycles. The topological polar surface area (TPSA) is 15.7 Å². The van der Waals surface area contributed by atoms with Gasteiger partial charge in [-0.2, -0.15) is 0 Å². The fourth-order valence-corrected chi connectivity index (χ4v) is 9.45. The number of benzene rings is 11. The molecule has 0 bridgehead atoms. The van der Waals surface area contributed by atoms with Crippen LogP contribution in [0.25, 0.3) is 65.7 Å². The first-order valence-electron chi connectivity index (χ1n) is 21.5. The zero-order valence-corrected chi connectivity index (χ0v) is 34.4. The van der Waals surface area contributed by atoms with Crippen LogP contribution in [-0.2, 0) is 0 Å². The average Bonchev–Trinajstić information content (AvgIpc) is 3.36. The zero-order chi connectivity index (χ0) is 41.7. The first kappa shape index (κ1) is 36.5. The first-order chi connectivity index (χ1) is 31.2. The molecule has 0 aromatic heterocycles. The Hall–Kier alpha value is -8.40. The van der Waals surface area contributed by atoms with Crippen molar-refractivity contribution in [3.05, 3.63) is 243 Å². The summed E-state index contributed by atoms with van der Waals surface area (Å²) < 4.78 is 7.00. The van der Waals surface area contributed by atoms with Gasteiger partial charge < -0.3 is 14.5 Å². The standard InChI is InChI=1S/C60H40N2O/c1-3-14-41(15-4-1)44-28-33-48(34-29-44)61(50-37-32-43-18-7-8-20-47(43)40-50)55-38-39-58-59-52(55)23-12-24-53(59)60-56(26-13-27-57(60)63-58)62(54-25-11-21-46-19-9-10-22-51(46)54)49-35-30-45(31-36-49)42-16-5-2-6-17-42/h1-40H. The van der Waals surface area contributed by atoms with Crippen LogP contribution in [-0.4, -0.2) is 0 Å². The molecule has 0 fully saturated rings.